The smallest absolute Gasteiger partial charge is 0.281 e. The van der Waals surface area contributed by atoms with Gasteiger partial charge in [0.25, 0.3) is 5.56 Å². The van der Waals surface area contributed by atoms with Gasteiger partial charge in [0.05, 0.1) is 56.6 Å². The number of rotatable bonds is 5. The standard InChI is InChI=1S/C28H32N4O6/c1-2-6-23-27(28(33)32(31-23)22-7-4-3-5-8-22)24(20-29)30-21-9-10-25-26(19-21)38-18-16-36-14-12-34-11-13-35-15-17-37-25/h3-5,7-10,19,31H,2,6,11-18H2,1H3. The van der Waals surface area contributed by atoms with Gasteiger partial charge in [-0.15, -0.1) is 0 Å². The van der Waals surface area contributed by atoms with Crippen LogP contribution in [0.1, 0.15) is 24.6 Å². The molecule has 3 aromatic rings. The molecule has 0 saturated heterocycles. The van der Waals surface area contributed by atoms with Gasteiger partial charge in [0.1, 0.15) is 19.3 Å². The highest BCUT2D eigenvalue weighted by Gasteiger charge is 2.20. The zero-order valence-electron chi connectivity index (χ0n) is 21.5. The molecule has 1 aliphatic heterocycles. The molecule has 200 valence electrons. The molecule has 0 aliphatic carbocycles. The molecule has 0 fully saturated rings. The van der Waals surface area contributed by atoms with Crippen LogP contribution in [0.2, 0.25) is 0 Å². The van der Waals surface area contributed by atoms with Gasteiger partial charge in [-0.05, 0) is 30.7 Å². The van der Waals surface area contributed by atoms with E-state index in [1.54, 1.807) is 18.2 Å². The Morgan fingerprint density at radius 3 is 2.18 bits per heavy atom. The van der Waals surface area contributed by atoms with Crippen molar-refractivity contribution in [2.45, 2.75) is 19.8 Å². The van der Waals surface area contributed by atoms with Gasteiger partial charge in [0, 0.05) is 11.8 Å². The van der Waals surface area contributed by atoms with Gasteiger partial charge in [0.15, 0.2) is 17.2 Å². The summed E-state index contributed by atoms with van der Waals surface area (Å²) in [6.07, 6.45) is 1.39. The van der Waals surface area contributed by atoms with Crippen molar-refractivity contribution in [3.8, 4) is 23.3 Å². The van der Waals surface area contributed by atoms with E-state index >= 15 is 0 Å². The predicted octanol–water partition coefficient (Wildman–Crippen LogP) is 3.58. The van der Waals surface area contributed by atoms with Crippen LogP contribution in [0.3, 0.4) is 0 Å². The Morgan fingerprint density at radius 1 is 0.921 bits per heavy atom. The summed E-state index contributed by atoms with van der Waals surface area (Å²) in [6, 6.07) is 16.5. The minimum atomic E-state index is -0.324. The lowest BCUT2D eigenvalue weighted by Crippen LogP contribution is -2.20. The van der Waals surface area contributed by atoms with E-state index in [0.717, 1.165) is 6.42 Å². The molecule has 2 aromatic carbocycles. The van der Waals surface area contributed by atoms with Gasteiger partial charge in [0.2, 0.25) is 0 Å². The minimum Gasteiger partial charge on any atom is -0.487 e. The molecule has 1 N–H and O–H groups in total. The molecule has 0 saturated carbocycles. The topological polar surface area (TPSA) is 120 Å². The van der Waals surface area contributed by atoms with Crippen LogP contribution in [-0.4, -0.2) is 68.3 Å². The van der Waals surface area contributed by atoms with Crippen LogP contribution >= 0.6 is 0 Å². The van der Waals surface area contributed by atoms with E-state index in [4.69, 9.17) is 23.7 Å². The van der Waals surface area contributed by atoms with Gasteiger partial charge in [-0.25, -0.2) is 9.67 Å². The lowest BCUT2D eigenvalue weighted by Gasteiger charge is -2.13. The number of fused-ring (bicyclic) bond motifs is 1. The van der Waals surface area contributed by atoms with E-state index in [0.29, 0.717) is 87.8 Å². The number of H-pyrrole nitrogens is 1. The Hall–Kier alpha value is -3.91. The SMILES string of the molecule is CCCc1[nH]n(-c2ccccc2)c(=O)c1C(C#N)=Nc1ccc2c(c1)OCCOCCOCCOCCO2. The summed E-state index contributed by atoms with van der Waals surface area (Å²) in [7, 11) is 0. The summed E-state index contributed by atoms with van der Waals surface area (Å²) in [5, 5.41) is 13.2. The van der Waals surface area contributed by atoms with Crippen LogP contribution < -0.4 is 15.0 Å². The Bertz CT molecular complexity index is 1310. The fraction of sp³-hybridized carbons (Fsp3) is 0.393. The van der Waals surface area contributed by atoms with Crippen molar-refractivity contribution in [1.82, 2.24) is 9.78 Å². The van der Waals surface area contributed by atoms with E-state index in [1.165, 1.54) is 4.68 Å². The van der Waals surface area contributed by atoms with Crippen LogP contribution in [0.4, 0.5) is 5.69 Å². The highest BCUT2D eigenvalue weighted by Crippen LogP contribution is 2.32. The maximum Gasteiger partial charge on any atom is 0.281 e. The van der Waals surface area contributed by atoms with Gasteiger partial charge >= 0.3 is 0 Å². The molecule has 1 aliphatic rings. The summed E-state index contributed by atoms with van der Waals surface area (Å²) in [5.74, 6) is 0.986. The number of aromatic nitrogens is 2. The molecule has 10 heteroatoms. The first-order valence-electron chi connectivity index (χ1n) is 12.7. The van der Waals surface area contributed by atoms with Crippen molar-refractivity contribution < 1.29 is 23.7 Å². The van der Waals surface area contributed by atoms with Crippen LogP contribution in [0.5, 0.6) is 11.5 Å². The molecular weight excluding hydrogens is 488 g/mol. The molecule has 4 rings (SSSR count). The van der Waals surface area contributed by atoms with Crippen LogP contribution in [-0.2, 0) is 20.6 Å². The highest BCUT2D eigenvalue weighted by molar-refractivity contribution is 6.13. The number of nitrogens with zero attached hydrogens (tertiary/aromatic N) is 3. The number of ether oxygens (including phenoxy) is 5. The first-order valence-corrected chi connectivity index (χ1v) is 12.7. The third-order valence-corrected chi connectivity index (χ3v) is 5.71. The summed E-state index contributed by atoms with van der Waals surface area (Å²) < 4.78 is 29.7. The van der Waals surface area contributed by atoms with Crippen LogP contribution in [0.15, 0.2) is 58.3 Å². The van der Waals surface area contributed by atoms with E-state index in [1.807, 2.05) is 37.3 Å². The van der Waals surface area contributed by atoms with Crippen LogP contribution in [0, 0.1) is 11.3 Å². The second-order valence-corrected chi connectivity index (χ2v) is 8.43. The summed E-state index contributed by atoms with van der Waals surface area (Å²) in [6.45, 7) is 5.33. The number of para-hydroxylation sites is 1. The number of aliphatic imine (C=N–C) groups is 1. The monoisotopic (exact) mass is 520 g/mol. The third-order valence-electron chi connectivity index (χ3n) is 5.71. The Morgan fingerprint density at radius 2 is 1.55 bits per heavy atom. The number of aryl methyl sites for hydroxylation is 1. The van der Waals surface area contributed by atoms with E-state index in [-0.39, 0.29) is 16.8 Å². The Balaban J connectivity index is 1.65. The van der Waals surface area contributed by atoms with Crippen molar-refractivity contribution in [3.05, 3.63) is 70.1 Å². The number of benzene rings is 2. The third kappa shape index (κ3) is 7.10. The molecule has 0 radical (unpaired) electrons. The van der Waals surface area contributed by atoms with Gasteiger partial charge in [-0.1, -0.05) is 31.5 Å². The van der Waals surface area contributed by atoms with Crippen molar-refractivity contribution >= 4 is 11.4 Å². The molecule has 0 bridgehead atoms. The average molecular weight is 521 g/mol. The quantitative estimate of drug-likeness (QED) is 0.511. The maximum atomic E-state index is 13.4. The first-order chi connectivity index (χ1) is 18.7. The van der Waals surface area contributed by atoms with Gasteiger partial charge in [-0.2, -0.15) is 5.26 Å². The minimum absolute atomic E-state index is 0.0270. The predicted molar refractivity (Wildman–Crippen MR) is 142 cm³/mol. The first kappa shape index (κ1) is 27.1. The van der Waals surface area contributed by atoms with Gasteiger partial charge in [-0.3, -0.25) is 9.89 Å². The Kier molecular flexibility index (Phi) is 10.1. The van der Waals surface area contributed by atoms with E-state index in [9.17, 15) is 10.1 Å². The van der Waals surface area contributed by atoms with Gasteiger partial charge < -0.3 is 23.7 Å². The average Bonchev–Trinajstić information content (AvgIpc) is 3.26. The molecule has 0 atom stereocenters. The number of hydrogen-bond donors (Lipinski definition) is 1. The molecule has 2 heterocycles. The van der Waals surface area contributed by atoms with Crippen LogP contribution in [0.25, 0.3) is 5.69 Å². The molecule has 10 nitrogen and oxygen atoms in total. The van der Waals surface area contributed by atoms with E-state index < -0.39 is 0 Å². The van der Waals surface area contributed by atoms with Crippen molar-refractivity contribution in [2.24, 2.45) is 4.99 Å². The highest BCUT2D eigenvalue weighted by atomic mass is 16.6. The normalized spacial score (nSPS) is 15.7. The number of nitrogens with one attached hydrogen (secondary N) is 1. The molecule has 0 amide bonds. The number of nitriles is 1. The fourth-order valence-corrected chi connectivity index (χ4v) is 3.94. The molecular formula is C28H32N4O6. The zero-order valence-corrected chi connectivity index (χ0v) is 21.5. The Labute approximate surface area is 221 Å². The molecule has 0 unspecified atom stereocenters. The molecule has 1 aromatic heterocycles. The fourth-order valence-electron chi connectivity index (χ4n) is 3.94. The van der Waals surface area contributed by atoms with Crippen molar-refractivity contribution in [1.29, 1.82) is 5.26 Å². The van der Waals surface area contributed by atoms with E-state index in [2.05, 4.69) is 16.2 Å². The van der Waals surface area contributed by atoms with Crippen molar-refractivity contribution in [2.75, 3.05) is 52.9 Å². The lowest BCUT2D eigenvalue weighted by atomic mass is 10.1. The molecule has 0 spiro atoms. The maximum absolute atomic E-state index is 13.4. The lowest BCUT2D eigenvalue weighted by molar-refractivity contribution is 0.00708. The number of hydrogen-bond acceptors (Lipinski definition) is 8. The number of aromatic amines is 1. The summed E-state index contributed by atoms with van der Waals surface area (Å²) >= 11 is 0. The second-order valence-electron chi connectivity index (χ2n) is 8.43. The summed E-state index contributed by atoms with van der Waals surface area (Å²) in [4.78, 5) is 18.0. The second kappa shape index (κ2) is 14.1. The largest absolute Gasteiger partial charge is 0.487 e. The molecule has 38 heavy (non-hydrogen) atoms. The summed E-state index contributed by atoms with van der Waals surface area (Å²) in [5.41, 5.74) is 1.77. The zero-order chi connectivity index (χ0) is 26.6. The van der Waals surface area contributed by atoms with Crippen molar-refractivity contribution in [3.63, 3.8) is 0 Å².